The molecule has 0 amide bonds. The van der Waals surface area contributed by atoms with E-state index >= 15 is 0 Å². The quantitative estimate of drug-likeness (QED) is 0.0319. The van der Waals surface area contributed by atoms with Gasteiger partial charge in [-0.15, -0.1) is 0 Å². The molecule has 94 heavy (non-hydrogen) atoms. The molecule has 9 nitrogen and oxygen atoms in total. The molecule has 6 rings (SSSR count). The van der Waals surface area contributed by atoms with E-state index in [1.54, 1.807) is 39.8 Å². The van der Waals surface area contributed by atoms with E-state index in [9.17, 15) is 78.8 Å². The zero-order chi connectivity index (χ0) is 73.6. The van der Waals surface area contributed by atoms with Crippen molar-refractivity contribution in [3.63, 3.8) is 0 Å². The molecule has 0 aliphatic heterocycles. The normalized spacial score (nSPS) is 13.7. The summed E-state index contributed by atoms with van der Waals surface area (Å²) in [5, 5.41) is 0. The Morgan fingerprint density at radius 1 is 0.468 bits per heavy atom. The molecule has 5 aromatic rings. The van der Waals surface area contributed by atoms with E-state index in [4.69, 9.17) is 23.7 Å². The van der Waals surface area contributed by atoms with E-state index in [0.717, 1.165) is 16.7 Å². The second-order valence-corrected chi connectivity index (χ2v) is 28.3. The summed E-state index contributed by atoms with van der Waals surface area (Å²) in [6.07, 6.45) is 6.06. The first-order valence-corrected chi connectivity index (χ1v) is 36.6. The van der Waals surface area contributed by atoms with Gasteiger partial charge >= 0.3 is 118 Å². The van der Waals surface area contributed by atoms with Crippen LogP contribution >= 0.6 is 15.6 Å². The van der Waals surface area contributed by atoms with Crippen LogP contribution in [0.2, 0.25) is 0 Å². The molecule has 538 valence electrons. The summed E-state index contributed by atoms with van der Waals surface area (Å²) >= 11 is -9.19. The number of allylic oxidation sites excluding steroid dienone is 4. The van der Waals surface area contributed by atoms with Crippen LogP contribution in [0, 0.1) is 103 Å². The first kappa shape index (κ1) is 93.8. The van der Waals surface area contributed by atoms with Crippen molar-refractivity contribution >= 4 is 53.8 Å². The van der Waals surface area contributed by atoms with E-state index in [1.807, 2.05) is 74.9 Å². The fourth-order valence-corrected chi connectivity index (χ4v) is 6.80. The predicted octanol–water partition coefficient (Wildman–Crippen LogP) is 20.3. The van der Waals surface area contributed by atoms with Crippen molar-refractivity contribution in [2.45, 2.75) is 137 Å². The van der Waals surface area contributed by atoms with Crippen molar-refractivity contribution in [1.82, 2.24) is 0 Å². The molecular formula is C64H85F18O9P2Sb-2. The number of aryl methyl sites for hydroxylation is 11. The van der Waals surface area contributed by atoms with Crippen LogP contribution in [-0.2, 0) is 33.3 Å². The third kappa shape index (κ3) is 60.4. The van der Waals surface area contributed by atoms with Gasteiger partial charge in [-0.1, -0.05) is 88.5 Å². The van der Waals surface area contributed by atoms with E-state index < -0.39 is 48.1 Å². The van der Waals surface area contributed by atoms with Crippen LogP contribution in [0.5, 0.6) is 11.5 Å². The summed E-state index contributed by atoms with van der Waals surface area (Å²) in [6, 6.07) is 28.4. The Bertz CT molecular complexity index is 3010. The number of methoxy groups -OCH3 is 1. The minimum atomic E-state index is -10.7. The summed E-state index contributed by atoms with van der Waals surface area (Å²) in [6.45, 7) is 41.2. The zero-order valence-electron chi connectivity index (χ0n) is 55.7. The Labute approximate surface area is 544 Å². The van der Waals surface area contributed by atoms with Gasteiger partial charge in [-0.3, -0.25) is 0 Å². The van der Waals surface area contributed by atoms with Gasteiger partial charge in [0.2, 0.25) is 6.10 Å². The average molecular weight is 1520 g/mol. The van der Waals surface area contributed by atoms with Crippen LogP contribution in [0.25, 0.3) is 0 Å². The fourth-order valence-electron chi connectivity index (χ4n) is 6.80. The van der Waals surface area contributed by atoms with Crippen molar-refractivity contribution in [2.24, 2.45) is 0 Å². The predicted molar refractivity (Wildman–Crippen MR) is 339 cm³/mol. The standard InChI is InChI=1S/C12H16O3.C12H15O3.C10H12O3.3C10H14.2F6P.6FH.Sb/c2*1-4-14-12(13)10(3)15-11-7-5-9(2)6-8-11;1-8-3-5-9(6-4-8)13-7-10(11)12-2;3*1-7-5-8(2)10(4)9(3)6-7;2*1-7(2,3,4,5)6;;;;;;;/h5-8,10H,4H2,1-3H3;5-8,10H,2,4H2,1,3H3;3-6H,7H2,1-2H3;3*5-6H,1-4H3;;;6*1H;/q;+1;;;;;2*-1;;;;;;;+5/p-6. The average Bonchev–Trinajstić information content (AvgIpc) is 0.798. The molecule has 30 heteroatoms. The van der Waals surface area contributed by atoms with Crippen molar-refractivity contribution in [2.75, 3.05) is 26.9 Å². The fraction of sp³-hybridized carbons (Fsp3) is 0.375. The molecular weight excluding hydrogens is 1440 g/mol. The van der Waals surface area contributed by atoms with Gasteiger partial charge in [0.25, 0.3) is 0 Å². The molecule has 0 bridgehead atoms. The Balaban J connectivity index is -0.000000491. The van der Waals surface area contributed by atoms with Crippen LogP contribution in [0.4, 0.5) is 64.4 Å². The van der Waals surface area contributed by atoms with Crippen molar-refractivity contribution in [1.29, 1.82) is 0 Å². The van der Waals surface area contributed by atoms with E-state index in [1.165, 1.54) is 73.9 Å². The monoisotopic (exact) mass is 1520 g/mol. The minimum absolute atomic E-state index is 0. The molecule has 0 N–H and O–H groups in total. The molecule has 0 radical (unpaired) electrons. The van der Waals surface area contributed by atoms with Crippen LogP contribution < -0.4 is 14.2 Å². The topological polar surface area (TPSA) is 107 Å². The molecule has 0 spiro atoms. The summed E-state index contributed by atoms with van der Waals surface area (Å²) in [5.74, 6) is 0.940. The molecule has 0 heterocycles. The number of hydrogen-bond acceptors (Lipinski definition) is 9. The summed E-state index contributed by atoms with van der Waals surface area (Å²) in [5.41, 5.74) is 20.0. The Kier molecular flexibility index (Phi) is 37.6. The van der Waals surface area contributed by atoms with Crippen LogP contribution in [0.15, 0.2) is 121 Å². The van der Waals surface area contributed by atoms with Gasteiger partial charge in [0.05, 0.1) is 38.0 Å². The third-order valence-electron chi connectivity index (χ3n) is 11.6. The molecule has 0 saturated carbocycles. The number of hydrogen-bond donors (Lipinski definition) is 0. The molecule has 0 aromatic heterocycles. The van der Waals surface area contributed by atoms with Crippen LogP contribution in [-0.4, -0.2) is 77.3 Å². The Morgan fingerprint density at radius 2 is 0.734 bits per heavy atom. The van der Waals surface area contributed by atoms with Gasteiger partial charge < -0.3 is 33.1 Å². The van der Waals surface area contributed by atoms with Crippen LogP contribution in [0.3, 0.4) is 0 Å². The van der Waals surface area contributed by atoms with Gasteiger partial charge in [0, 0.05) is 12.5 Å². The maximum atomic E-state index is 11.3. The molecule has 1 aliphatic carbocycles. The number of carbonyl (C=O) groups is 3. The molecule has 5 aromatic carbocycles. The van der Waals surface area contributed by atoms with Crippen molar-refractivity contribution < 1.29 is 112 Å². The number of carbonyl (C=O) groups excluding carboxylic acids is 3. The summed E-state index contributed by atoms with van der Waals surface area (Å²) < 4.78 is 198. The molecule has 1 aliphatic rings. The number of benzene rings is 5. The first-order valence-electron chi connectivity index (χ1n) is 27.7. The Hall–Kier alpha value is -6.58. The van der Waals surface area contributed by atoms with Crippen molar-refractivity contribution in [3.8, 4) is 11.5 Å². The second kappa shape index (κ2) is 37.6. The van der Waals surface area contributed by atoms with Crippen LogP contribution in [0.1, 0.15) is 106 Å². The van der Waals surface area contributed by atoms with Gasteiger partial charge in [-0.25, -0.2) is 14.4 Å². The van der Waals surface area contributed by atoms with E-state index in [-0.39, 0.29) is 29.2 Å². The Morgan fingerprint density at radius 3 is 0.979 bits per heavy atom. The van der Waals surface area contributed by atoms with Gasteiger partial charge in [0.1, 0.15) is 11.5 Å². The van der Waals surface area contributed by atoms with Gasteiger partial charge in [-0.05, 0) is 206 Å². The maximum absolute atomic E-state index is 11.3. The van der Waals surface area contributed by atoms with Gasteiger partial charge in [0.15, 0.2) is 18.5 Å². The third-order valence-corrected chi connectivity index (χ3v) is 11.6. The number of rotatable bonds is 11. The molecule has 0 fully saturated rings. The number of halogens is 18. The molecule has 2 unspecified atom stereocenters. The SMILES string of the molecule is C=C1C=CC(OC(C)C(=O)OCC)=C[CH+]1.CCOC(=O)C(C)Oc1ccc(C)cc1.COC(=O)COc1ccc(C)cc1.Cc1cc(C)c(C)c(C)c1.Cc1cc(C)c(C)c(C)c1.Cc1cc(C)c(C)c(C)c1.F[P-](F)(F)(F)(F)F.F[P-](F)(F)(F)(F)F.[F-].[F][Sb]([F])([F])([F])[F]. The zero-order valence-corrected chi connectivity index (χ0v) is 60.0. The summed E-state index contributed by atoms with van der Waals surface area (Å²) in [7, 11) is -20.0. The second-order valence-electron chi connectivity index (χ2n) is 20.8. The molecule has 2 atom stereocenters. The van der Waals surface area contributed by atoms with Crippen molar-refractivity contribution in [3.05, 3.63) is 205 Å². The van der Waals surface area contributed by atoms with Gasteiger partial charge in [-0.2, -0.15) is 0 Å². The van der Waals surface area contributed by atoms with E-state index in [2.05, 4.69) is 131 Å². The summed E-state index contributed by atoms with van der Waals surface area (Å²) in [4.78, 5) is 33.2. The van der Waals surface area contributed by atoms with E-state index in [0.29, 0.717) is 30.5 Å². The number of esters is 3. The first-order chi connectivity index (χ1) is 41.4. The molecule has 0 saturated heterocycles. The number of ether oxygens (including phenoxy) is 6.